The van der Waals surface area contributed by atoms with E-state index in [0.717, 1.165) is 0 Å². The Balaban J connectivity index is 1.64. The van der Waals surface area contributed by atoms with E-state index in [4.69, 9.17) is 16.3 Å². The number of fused-ring (bicyclic) bond motifs is 3. The zero-order valence-corrected chi connectivity index (χ0v) is 22.1. The molecule has 3 aromatic heterocycles. The third-order valence-corrected chi connectivity index (χ3v) is 8.34. The number of pyridine rings is 1. The van der Waals surface area contributed by atoms with Crippen molar-refractivity contribution in [2.45, 2.75) is 55.0 Å². The lowest BCUT2D eigenvalue weighted by atomic mass is 10.0. The Kier molecular flexibility index (Phi) is 6.23. The third-order valence-electron chi connectivity index (χ3n) is 6.30. The molecule has 0 unspecified atom stereocenters. The van der Waals surface area contributed by atoms with Gasteiger partial charge in [0.2, 0.25) is 9.84 Å². The van der Waals surface area contributed by atoms with Gasteiger partial charge in [-0.05, 0) is 45.7 Å². The first-order chi connectivity index (χ1) is 17.5. The van der Waals surface area contributed by atoms with E-state index >= 15 is 0 Å². The molecule has 1 aliphatic heterocycles. The molecule has 1 N–H and O–H groups in total. The van der Waals surface area contributed by atoms with Gasteiger partial charge in [0.1, 0.15) is 21.7 Å². The van der Waals surface area contributed by atoms with Crippen LogP contribution in [-0.2, 0) is 14.6 Å². The quantitative estimate of drug-likeness (QED) is 0.407. The summed E-state index contributed by atoms with van der Waals surface area (Å²) in [6.07, 6.45) is 3.33. The molecule has 0 radical (unpaired) electrons. The molecule has 1 aliphatic rings. The number of hydrogen-bond donors (Lipinski definition) is 1. The lowest BCUT2D eigenvalue weighted by Gasteiger charge is -2.34. The van der Waals surface area contributed by atoms with Crippen molar-refractivity contribution in [3.8, 4) is 0 Å². The van der Waals surface area contributed by atoms with Crippen LogP contribution in [0.15, 0.2) is 57.3 Å². The van der Waals surface area contributed by atoms with Crippen LogP contribution in [0, 0.1) is 0 Å². The fourth-order valence-electron chi connectivity index (χ4n) is 4.64. The molecule has 4 heterocycles. The Morgan fingerprint density at radius 3 is 2.49 bits per heavy atom. The van der Waals surface area contributed by atoms with Gasteiger partial charge in [-0.3, -0.25) is 4.79 Å². The third kappa shape index (κ3) is 4.57. The Bertz CT molecular complexity index is 1670. The molecule has 1 aromatic carbocycles. The van der Waals surface area contributed by atoms with Crippen LogP contribution in [-0.4, -0.2) is 57.6 Å². The molecule has 0 saturated carbocycles. The van der Waals surface area contributed by atoms with Crippen molar-refractivity contribution in [1.29, 1.82) is 0 Å². The molecule has 12 heteroatoms. The first kappa shape index (κ1) is 25.2. The molecule has 1 saturated heterocycles. The zero-order chi connectivity index (χ0) is 26.5. The number of likely N-dealkylation sites (tertiary alicyclic amines) is 1. The number of aromatic amines is 1. The number of carbonyl (C=O) groups excluding carboxylic acids is 1. The SMILES string of the molecule is CC(C)(C)OC(=O)N1CCC(n2c(=O)c(Cl)nc3cnc4[nH]cc(S(=O)(=O)c5ccccc5)c4c32)CC1. The minimum absolute atomic E-state index is 0.00439. The number of sulfone groups is 1. The van der Waals surface area contributed by atoms with Gasteiger partial charge in [0.15, 0.2) is 5.15 Å². The van der Waals surface area contributed by atoms with Crippen LogP contribution in [0.1, 0.15) is 39.7 Å². The van der Waals surface area contributed by atoms with E-state index in [0.29, 0.717) is 42.6 Å². The lowest BCUT2D eigenvalue weighted by molar-refractivity contribution is 0.0189. The van der Waals surface area contributed by atoms with Crippen LogP contribution in [0.2, 0.25) is 5.15 Å². The summed E-state index contributed by atoms with van der Waals surface area (Å²) < 4.78 is 34.2. The molecule has 194 valence electrons. The highest BCUT2D eigenvalue weighted by atomic mass is 35.5. The average molecular weight is 544 g/mol. The maximum Gasteiger partial charge on any atom is 0.410 e. The average Bonchev–Trinajstić information content (AvgIpc) is 3.30. The summed E-state index contributed by atoms with van der Waals surface area (Å²) in [6.45, 7) is 6.15. The summed E-state index contributed by atoms with van der Waals surface area (Å²) in [6, 6.07) is 7.71. The van der Waals surface area contributed by atoms with Crippen LogP contribution in [0.5, 0.6) is 0 Å². The predicted molar refractivity (Wildman–Crippen MR) is 139 cm³/mol. The minimum atomic E-state index is -3.94. The summed E-state index contributed by atoms with van der Waals surface area (Å²) in [7, 11) is -3.94. The number of rotatable bonds is 3. The van der Waals surface area contributed by atoms with Gasteiger partial charge in [0.25, 0.3) is 5.56 Å². The van der Waals surface area contributed by atoms with Gasteiger partial charge in [0, 0.05) is 25.3 Å². The van der Waals surface area contributed by atoms with E-state index in [1.807, 2.05) is 0 Å². The molecule has 4 aromatic rings. The summed E-state index contributed by atoms with van der Waals surface area (Å²) in [4.78, 5) is 39.1. The van der Waals surface area contributed by atoms with E-state index in [-0.39, 0.29) is 26.4 Å². The highest BCUT2D eigenvalue weighted by Gasteiger charge is 2.31. The lowest BCUT2D eigenvalue weighted by Crippen LogP contribution is -2.43. The Morgan fingerprint density at radius 1 is 1.16 bits per heavy atom. The van der Waals surface area contributed by atoms with Crippen molar-refractivity contribution in [3.05, 3.63) is 58.2 Å². The molecule has 10 nitrogen and oxygen atoms in total. The summed E-state index contributed by atoms with van der Waals surface area (Å²) in [5.74, 6) is 0. The number of nitrogens with one attached hydrogen (secondary N) is 1. The van der Waals surface area contributed by atoms with Gasteiger partial charge in [0.05, 0.1) is 22.0 Å². The van der Waals surface area contributed by atoms with Gasteiger partial charge >= 0.3 is 6.09 Å². The second-order valence-corrected chi connectivity index (χ2v) is 12.2. The Hall–Kier alpha value is -3.44. The molecule has 0 spiro atoms. The fourth-order valence-corrected chi connectivity index (χ4v) is 6.27. The maximum atomic E-state index is 13.6. The van der Waals surface area contributed by atoms with Gasteiger partial charge in [-0.25, -0.2) is 23.2 Å². The molecule has 37 heavy (non-hydrogen) atoms. The number of hydrogen-bond acceptors (Lipinski definition) is 7. The van der Waals surface area contributed by atoms with E-state index in [2.05, 4.69) is 15.0 Å². The maximum absolute atomic E-state index is 13.6. The van der Waals surface area contributed by atoms with Gasteiger partial charge in [-0.1, -0.05) is 29.8 Å². The van der Waals surface area contributed by atoms with Crippen molar-refractivity contribution >= 4 is 49.6 Å². The normalized spacial score (nSPS) is 15.4. The van der Waals surface area contributed by atoms with E-state index in [1.165, 1.54) is 29.1 Å². The Morgan fingerprint density at radius 2 is 1.84 bits per heavy atom. The molecule has 0 atom stereocenters. The molecule has 1 fully saturated rings. The van der Waals surface area contributed by atoms with Crippen LogP contribution >= 0.6 is 11.6 Å². The number of piperidine rings is 1. The van der Waals surface area contributed by atoms with Crippen molar-refractivity contribution in [2.75, 3.05) is 13.1 Å². The highest BCUT2D eigenvalue weighted by Crippen LogP contribution is 2.35. The van der Waals surface area contributed by atoms with Crippen LogP contribution in [0.25, 0.3) is 22.1 Å². The molecular formula is C25H26ClN5O5S. The van der Waals surface area contributed by atoms with E-state index in [9.17, 15) is 18.0 Å². The van der Waals surface area contributed by atoms with Gasteiger partial charge in [-0.2, -0.15) is 0 Å². The second kappa shape index (κ2) is 9.14. The minimum Gasteiger partial charge on any atom is -0.444 e. The molecule has 0 aliphatic carbocycles. The number of benzene rings is 1. The second-order valence-electron chi connectivity index (χ2n) is 9.96. The monoisotopic (exact) mass is 543 g/mol. The van der Waals surface area contributed by atoms with E-state index in [1.54, 1.807) is 43.9 Å². The number of aromatic nitrogens is 4. The first-order valence-corrected chi connectivity index (χ1v) is 13.7. The standard InChI is InChI=1S/C25H26ClN5O5S/c1-25(2,3)36-24(33)30-11-9-15(10-12-30)31-20-17(29-21(26)23(31)32)13-27-22-19(20)18(14-28-22)37(34,35)16-7-5-4-6-8-16/h4-8,13-15H,9-12H2,1-3H3,(H,27,28). The highest BCUT2D eigenvalue weighted by molar-refractivity contribution is 7.91. The largest absolute Gasteiger partial charge is 0.444 e. The van der Waals surface area contributed by atoms with Crippen molar-refractivity contribution in [3.63, 3.8) is 0 Å². The number of nitrogens with zero attached hydrogens (tertiary/aromatic N) is 4. The zero-order valence-electron chi connectivity index (χ0n) is 20.6. The molecule has 1 amide bonds. The molecule has 5 rings (SSSR count). The predicted octanol–water partition coefficient (Wildman–Crippen LogP) is 4.33. The van der Waals surface area contributed by atoms with Gasteiger partial charge < -0.3 is 19.2 Å². The van der Waals surface area contributed by atoms with Crippen molar-refractivity contribution in [1.82, 2.24) is 24.4 Å². The summed E-state index contributed by atoms with van der Waals surface area (Å²) in [5.41, 5.74) is -0.193. The van der Waals surface area contributed by atoms with Gasteiger partial charge in [-0.15, -0.1) is 0 Å². The fraction of sp³-hybridized carbons (Fsp3) is 0.360. The van der Waals surface area contributed by atoms with Crippen LogP contribution in [0.3, 0.4) is 0 Å². The van der Waals surface area contributed by atoms with Crippen LogP contribution in [0.4, 0.5) is 4.79 Å². The molecule has 0 bridgehead atoms. The summed E-state index contributed by atoms with van der Waals surface area (Å²) >= 11 is 6.23. The van der Waals surface area contributed by atoms with E-state index < -0.39 is 27.1 Å². The Labute approximate surface area is 218 Å². The first-order valence-electron chi connectivity index (χ1n) is 11.8. The van der Waals surface area contributed by atoms with Crippen LogP contribution < -0.4 is 5.56 Å². The van der Waals surface area contributed by atoms with Crippen molar-refractivity contribution < 1.29 is 17.9 Å². The van der Waals surface area contributed by atoms with Crippen molar-refractivity contribution in [2.24, 2.45) is 0 Å². The number of ether oxygens (including phenoxy) is 1. The topological polar surface area (TPSA) is 127 Å². The number of amides is 1. The number of halogens is 1. The molecular weight excluding hydrogens is 518 g/mol. The number of carbonyl (C=O) groups is 1. The summed E-state index contributed by atoms with van der Waals surface area (Å²) in [5, 5.41) is 0.0448. The smallest absolute Gasteiger partial charge is 0.410 e. The number of H-pyrrole nitrogens is 1.